The number of pyridine rings is 1. The molecule has 3 aromatic rings. The molecular formula is C13H9ClN2O2S. The predicted molar refractivity (Wildman–Crippen MR) is 74.9 cm³/mol. The predicted octanol–water partition coefficient (Wildman–Crippen LogP) is 3.50. The summed E-state index contributed by atoms with van der Waals surface area (Å²) in [5, 5.41) is 0. The van der Waals surface area contributed by atoms with E-state index in [-0.39, 0.29) is 0 Å². The first-order chi connectivity index (χ1) is 9.19. The monoisotopic (exact) mass is 292 g/mol. The largest absolute Gasteiger partial charge is 0.465 e. The van der Waals surface area contributed by atoms with Gasteiger partial charge < -0.3 is 9.14 Å². The van der Waals surface area contributed by atoms with Crippen molar-refractivity contribution in [3.63, 3.8) is 0 Å². The highest BCUT2D eigenvalue weighted by atomic mass is 35.5. The van der Waals surface area contributed by atoms with Crippen LogP contribution >= 0.6 is 22.9 Å². The van der Waals surface area contributed by atoms with E-state index < -0.39 is 5.97 Å². The number of fused-ring (bicyclic) bond motifs is 1. The molecule has 0 saturated carbocycles. The highest BCUT2D eigenvalue weighted by Gasteiger charge is 2.14. The Morgan fingerprint density at radius 1 is 1.42 bits per heavy atom. The molecule has 96 valence electrons. The zero-order chi connectivity index (χ0) is 13.4. The first kappa shape index (κ1) is 12.2. The van der Waals surface area contributed by atoms with Crippen molar-refractivity contribution in [2.75, 3.05) is 7.11 Å². The molecule has 6 heteroatoms. The number of aromatic nitrogens is 2. The molecule has 0 unspecified atom stereocenters. The summed E-state index contributed by atoms with van der Waals surface area (Å²) in [7, 11) is 1.36. The quantitative estimate of drug-likeness (QED) is 0.679. The van der Waals surface area contributed by atoms with Gasteiger partial charge >= 0.3 is 5.97 Å². The van der Waals surface area contributed by atoms with Gasteiger partial charge in [-0.1, -0.05) is 11.6 Å². The lowest BCUT2D eigenvalue weighted by molar-refractivity contribution is 0.0602. The van der Waals surface area contributed by atoms with Gasteiger partial charge in [0.1, 0.15) is 5.56 Å². The second kappa shape index (κ2) is 4.68. The Morgan fingerprint density at radius 3 is 2.95 bits per heavy atom. The third-order valence-electron chi connectivity index (χ3n) is 2.71. The van der Waals surface area contributed by atoms with Gasteiger partial charge in [0.25, 0.3) is 0 Å². The van der Waals surface area contributed by atoms with Gasteiger partial charge in [0.15, 0.2) is 5.65 Å². The molecule has 0 aliphatic rings. The summed E-state index contributed by atoms with van der Waals surface area (Å²) in [5.74, 6) is -0.396. The Labute approximate surface area is 118 Å². The molecule has 0 N–H and O–H groups in total. The summed E-state index contributed by atoms with van der Waals surface area (Å²) in [5.41, 5.74) is 1.81. The molecule has 0 amide bonds. The topological polar surface area (TPSA) is 43.6 Å². The van der Waals surface area contributed by atoms with Crippen LogP contribution < -0.4 is 0 Å². The Hall–Kier alpha value is -1.85. The molecule has 0 atom stereocenters. The third kappa shape index (κ3) is 2.11. The number of nitrogens with zero attached hydrogens (tertiary/aromatic N) is 2. The van der Waals surface area contributed by atoms with Gasteiger partial charge in [0, 0.05) is 12.4 Å². The summed E-state index contributed by atoms with van der Waals surface area (Å²) in [6.45, 7) is 0. The molecule has 3 rings (SSSR count). The maximum absolute atomic E-state index is 11.7. The number of esters is 1. The lowest BCUT2D eigenvalue weighted by Gasteiger charge is -2.00. The van der Waals surface area contributed by atoms with Gasteiger partial charge in [-0.15, -0.1) is 11.3 Å². The second-order valence-corrected chi connectivity index (χ2v) is 5.59. The summed E-state index contributed by atoms with van der Waals surface area (Å²) < 4.78 is 7.26. The molecule has 0 aliphatic carbocycles. The summed E-state index contributed by atoms with van der Waals surface area (Å²) in [6.07, 6.45) is 3.71. The maximum atomic E-state index is 11.7. The van der Waals surface area contributed by atoms with E-state index in [0.717, 1.165) is 10.6 Å². The van der Waals surface area contributed by atoms with E-state index in [1.807, 2.05) is 24.5 Å². The van der Waals surface area contributed by atoms with E-state index >= 15 is 0 Å². The number of hydrogen-bond acceptors (Lipinski definition) is 4. The standard InChI is InChI=1S/C13H9ClN2O2S/c1-18-13(17)8-3-2-6-16-7-9(15-12(8)16)10-4-5-11(14)19-10/h2-7H,1H3. The van der Waals surface area contributed by atoms with E-state index in [9.17, 15) is 4.79 Å². The van der Waals surface area contributed by atoms with E-state index in [1.165, 1.54) is 18.4 Å². The molecular weight excluding hydrogens is 284 g/mol. The first-order valence-corrected chi connectivity index (χ1v) is 6.70. The van der Waals surface area contributed by atoms with Crippen LogP contribution in [0.3, 0.4) is 0 Å². The molecule has 3 heterocycles. The van der Waals surface area contributed by atoms with Gasteiger partial charge in [0.2, 0.25) is 0 Å². The molecule has 0 fully saturated rings. The molecule has 0 spiro atoms. The minimum Gasteiger partial charge on any atom is -0.465 e. The number of carbonyl (C=O) groups excluding carboxylic acids is 1. The SMILES string of the molecule is COC(=O)c1cccn2cc(-c3ccc(Cl)s3)nc12. The second-order valence-electron chi connectivity index (χ2n) is 3.87. The number of thiophene rings is 1. The van der Waals surface area contributed by atoms with Gasteiger partial charge in [0.05, 0.1) is 22.0 Å². The Balaban J connectivity index is 2.18. The van der Waals surface area contributed by atoms with Gasteiger partial charge in [-0.3, -0.25) is 0 Å². The van der Waals surface area contributed by atoms with Crippen molar-refractivity contribution >= 4 is 34.6 Å². The number of ether oxygens (including phenoxy) is 1. The molecule has 0 aromatic carbocycles. The van der Waals surface area contributed by atoms with Crippen molar-refractivity contribution in [3.8, 4) is 10.6 Å². The molecule has 0 aliphatic heterocycles. The van der Waals surface area contributed by atoms with Gasteiger partial charge in [-0.05, 0) is 24.3 Å². The van der Waals surface area contributed by atoms with Crippen LogP contribution in [-0.2, 0) is 4.74 Å². The van der Waals surface area contributed by atoms with E-state index in [0.29, 0.717) is 15.5 Å². The van der Waals surface area contributed by atoms with Crippen LogP contribution in [0.1, 0.15) is 10.4 Å². The number of imidazole rings is 1. The van der Waals surface area contributed by atoms with Crippen LogP contribution in [-0.4, -0.2) is 22.5 Å². The maximum Gasteiger partial charge on any atom is 0.341 e. The van der Waals surface area contributed by atoms with Crippen LogP contribution in [0.25, 0.3) is 16.2 Å². The first-order valence-electron chi connectivity index (χ1n) is 5.51. The molecule has 3 aromatic heterocycles. The normalized spacial score (nSPS) is 10.8. The summed E-state index contributed by atoms with van der Waals surface area (Å²) in [4.78, 5) is 17.1. The highest BCUT2D eigenvalue weighted by molar-refractivity contribution is 7.19. The Morgan fingerprint density at radius 2 is 2.26 bits per heavy atom. The number of rotatable bonds is 2. The number of halogens is 1. The van der Waals surface area contributed by atoms with Crippen molar-refractivity contribution in [2.24, 2.45) is 0 Å². The Kier molecular flexibility index (Phi) is 3.00. The molecule has 19 heavy (non-hydrogen) atoms. The van der Waals surface area contributed by atoms with Crippen molar-refractivity contribution < 1.29 is 9.53 Å². The van der Waals surface area contributed by atoms with Gasteiger partial charge in [-0.2, -0.15) is 0 Å². The van der Waals surface area contributed by atoms with Crippen molar-refractivity contribution in [2.45, 2.75) is 0 Å². The van der Waals surface area contributed by atoms with Crippen LogP contribution in [0.4, 0.5) is 0 Å². The molecule has 4 nitrogen and oxygen atoms in total. The highest BCUT2D eigenvalue weighted by Crippen LogP contribution is 2.30. The van der Waals surface area contributed by atoms with E-state index in [4.69, 9.17) is 16.3 Å². The minimum atomic E-state index is -0.396. The lowest BCUT2D eigenvalue weighted by atomic mass is 10.3. The Bertz CT molecular complexity index is 763. The smallest absolute Gasteiger partial charge is 0.341 e. The van der Waals surface area contributed by atoms with E-state index in [1.54, 1.807) is 16.5 Å². The van der Waals surface area contributed by atoms with Crippen molar-refractivity contribution in [1.82, 2.24) is 9.38 Å². The summed E-state index contributed by atoms with van der Waals surface area (Å²) >= 11 is 7.37. The van der Waals surface area contributed by atoms with Crippen molar-refractivity contribution in [3.05, 3.63) is 46.6 Å². The fraction of sp³-hybridized carbons (Fsp3) is 0.0769. The molecule has 0 saturated heterocycles. The third-order valence-corrected chi connectivity index (χ3v) is 3.97. The van der Waals surface area contributed by atoms with Crippen molar-refractivity contribution in [1.29, 1.82) is 0 Å². The minimum absolute atomic E-state index is 0.396. The van der Waals surface area contributed by atoms with Crippen LogP contribution in [0.15, 0.2) is 36.7 Å². The fourth-order valence-electron chi connectivity index (χ4n) is 1.85. The number of hydrogen-bond donors (Lipinski definition) is 0. The van der Waals surface area contributed by atoms with Crippen LogP contribution in [0.2, 0.25) is 4.34 Å². The lowest BCUT2D eigenvalue weighted by Crippen LogP contribution is -2.03. The van der Waals surface area contributed by atoms with Crippen LogP contribution in [0.5, 0.6) is 0 Å². The van der Waals surface area contributed by atoms with E-state index in [2.05, 4.69) is 4.98 Å². The fourth-order valence-corrected chi connectivity index (χ4v) is 2.85. The summed E-state index contributed by atoms with van der Waals surface area (Å²) in [6, 6.07) is 7.21. The number of methoxy groups -OCH3 is 1. The zero-order valence-corrected chi connectivity index (χ0v) is 11.5. The molecule has 0 bridgehead atoms. The average molecular weight is 293 g/mol. The number of carbonyl (C=O) groups is 1. The zero-order valence-electron chi connectivity index (χ0n) is 9.96. The van der Waals surface area contributed by atoms with Crippen LogP contribution in [0, 0.1) is 0 Å². The molecule has 0 radical (unpaired) electrons. The van der Waals surface area contributed by atoms with Gasteiger partial charge in [-0.25, -0.2) is 9.78 Å². The average Bonchev–Trinajstić information content (AvgIpc) is 3.02.